The van der Waals surface area contributed by atoms with E-state index in [2.05, 4.69) is 15.9 Å². The molecule has 1 heterocycles. The number of halogens is 3. The van der Waals surface area contributed by atoms with Crippen LogP contribution in [0.1, 0.15) is 37.2 Å². The van der Waals surface area contributed by atoms with Gasteiger partial charge in [0.15, 0.2) is 5.78 Å². The molecule has 0 saturated heterocycles. The molecule has 0 aromatic heterocycles. The maximum atomic E-state index is 13.1. The molecule has 2 aliphatic rings. The van der Waals surface area contributed by atoms with E-state index in [4.69, 9.17) is 23.2 Å². The number of ketones is 1. The standard InChI is InChI=1S/C21H16BrCl2NO2/c22-14-4-1-2-5-17(14)25-18-6-3-7-19(26)21(18)13(11-20(25)27)12-8-9-15(23)16(24)10-12/h1-2,4-5,8-10,13H,3,6-7,11H2. The molecule has 1 unspecified atom stereocenters. The van der Waals surface area contributed by atoms with Crippen molar-refractivity contribution in [2.24, 2.45) is 0 Å². The van der Waals surface area contributed by atoms with Crippen LogP contribution in [0.4, 0.5) is 5.69 Å². The second-order valence-corrected chi connectivity index (χ2v) is 8.42. The van der Waals surface area contributed by atoms with Gasteiger partial charge in [-0.2, -0.15) is 0 Å². The third-order valence-corrected chi connectivity index (χ3v) is 6.52. The molecule has 27 heavy (non-hydrogen) atoms. The molecule has 2 aromatic carbocycles. The summed E-state index contributed by atoms with van der Waals surface area (Å²) in [6, 6.07) is 12.9. The number of carbonyl (C=O) groups excluding carboxylic acids is 2. The van der Waals surface area contributed by atoms with Crippen LogP contribution in [0, 0.1) is 0 Å². The zero-order valence-corrected chi connectivity index (χ0v) is 17.4. The lowest BCUT2D eigenvalue weighted by atomic mass is 9.77. The average Bonchev–Trinajstić information content (AvgIpc) is 2.64. The minimum atomic E-state index is -0.284. The van der Waals surface area contributed by atoms with Crippen molar-refractivity contribution in [2.75, 3.05) is 4.90 Å². The molecular formula is C21H16BrCl2NO2. The number of carbonyl (C=O) groups is 2. The first-order valence-corrected chi connectivity index (χ1v) is 10.3. The fourth-order valence-corrected chi connectivity index (χ4v) is 4.69. The lowest BCUT2D eigenvalue weighted by Crippen LogP contribution is -2.40. The van der Waals surface area contributed by atoms with Gasteiger partial charge in [-0.3, -0.25) is 14.5 Å². The van der Waals surface area contributed by atoms with Crippen LogP contribution in [0.3, 0.4) is 0 Å². The Bertz CT molecular complexity index is 986. The van der Waals surface area contributed by atoms with Crippen LogP contribution in [0.2, 0.25) is 10.0 Å². The summed E-state index contributed by atoms with van der Waals surface area (Å²) < 4.78 is 0.830. The third kappa shape index (κ3) is 3.35. The molecule has 138 valence electrons. The van der Waals surface area contributed by atoms with Gasteiger partial charge in [0.2, 0.25) is 5.91 Å². The van der Waals surface area contributed by atoms with Gasteiger partial charge < -0.3 is 0 Å². The van der Waals surface area contributed by atoms with Crippen molar-refractivity contribution in [2.45, 2.75) is 31.6 Å². The molecule has 2 aromatic rings. The molecule has 0 N–H and O–H groups in total. The number of hydrogen-bond donors (Lipinski definition) is 0. The third-order valence-electron chi connectivity index (χ3n) is 5.11. The van der Waals surface area contributed by atoms with Gasteiger partial charge in [-0.05, 0) is 58.6 Å². The Balaban J connectivity index is 1.88. The molecule has 1 amide bonds. The van der Waals surface area contributed by atoms with E-state index in [0.717, 1.165) is 33.4 Å². The number of anilines is 1. The molecule has 0 bridgehead atoms. The molecule has 0 spiro atoms. The van der Waals surface area contributed by atoms with Crippen LogP contribution >= 0.6 is 39.1 Å². The summed E-state index contributed by atoms with van der Waals surface area (Å²) >= 11 is 15.8. The van der Waals surface area contributed by atoms with Crippen molar-refractivity contribution in [3.63, 3.8) is 0 Å². The number of allylic oxidation sites excluding steroid dienone is 2. The largest absolute Gasteiger partial charge is 0.294 e. The van der Waals surface area contributed by atoms with Crippen LogP contribution in [0.25, 0.3) is 0 Å². The predicted octanol–water partition coefficient (Wildman–Crippen LogP) is 6.28. The van der Waals surface area contributed by atoms with E-state index in [1.54, 1.807) is 17.0 Å². The van der Waals surface area contributed by atoms with E-state index in [-0.39, 0.29) is 24.0 Å². The van der Waals surface area contributed by atoms with Gasteiger partial charge in [0.25, 0.3) is 0 Å². The van der Waals surface area contributed by atoms with Crippen LogP contribution in [-0.2, 0) is 9.59 Å². The number of Topliss-reactive ketones (excluding diaryl/α,β-unsaturated/α-hetero) is 1. The average molecular weight is 465 g/mol. The monoisotopic (exact) mass is 463 g/mol. The first kappa shape index (κ1) is 18.7. The van der Waals surface area contributed by atoms with Crippen molar-refractivity contribution >= 4 is 56.5 Å². The van der Waals surface area contributed by atoms with Gasteiger partial charge in [-0.1, -0.05) is 41.4 Å². The SMILES string of the molecule is O=C1CCCC2=C1C(c1ccc(Cl)c(Cl)c1)CC(=O)N2c1ccccc1Br. The molecule has 0 saturated carbocycles. The zero-order valence-electron chi connectivity index (χ0n) is 14.3. The van der Waals surface area contributed by atoms with Gasteiger partial charge in [0.1, 0.15) is 0 Å². The van der Waals surface area contributed by atoms with Gasteiger partial charge in [0, 0.05) is 34.5 Å². The van der Waals surface area contributed by atoms with Gasteiger partial charge in [-0.15, -0.1) is 0 Å². The van der Waals surface area contributed by atoms with Crippen molar-refractivity contribution in [1.82, 2.24) is 0 Å². The molecule has 6 heteroatoms. The van der Waals surface area contributed by atoms with E-state index in [0.29, 0.717) is 22.9 Å². The second kappa shape index (κ2) is 7.42. The summed E-state index contributed by atoms with van der Waals surface area (Å²) in [6.07, 6.45) is 2.18. The second-order valence-electron chi connectivity index (χ2n) is 6.75. The molecular weight excluding hydrogens is 449 g/mol. The van der Waals surface area contributed by atoms with E-state index >= 15 is 0 Å². The van der Waals surface area contributed by atoms with Crippen molar-refractivity contribution in [3.05, 3.63) is 73.8 Å². The Morgan fingerprint density at radius 1 is 1.00 bits per heavy atom. The molecule has 1 aliphatic carbocycles. The van der Waals surface area contributed by atoms with Crippen LogP contribution in [0.15, 0.2) is 58.2 Å². The summed E-state index contributed by atoms with van der Waals surface area (Å²) in [5, 5.41) is 0.891. The highest BCUT2D eigenvalue weighted by Crippen LogP contribution is 2.45. The minimum Gasteiger partial charge on any atom is -0.294 e. The fraction of sp³-hybridized carbons (Fsp3) is 0.238. The highest BCUT2D eigenvalue weighted by molar-refractivity contribution is 9.10. The number of hydrogen-bond acceptors (Lipinski definition) is 2. The van der Waals surface area contributed by atoms with Crippen molar-refractivity contribution in [1.29, 1.82) is 0 Å². The Morgan fingerprint density at radius 3 is 2.52 bits per heavy atom. The summed E-state index contributed by atoms with van der Waals surface area (Å²) in [5.41, 5.74) is 3.17. The van der Waals surface area contributed by atoms with Gasteiger partial charge in [0.05, 0.1) is 15.7 Å². The first-order chi connectivity index (χ1) is 13.0. The van der Waals surface area contributed by atoms with E-state index in [9.17, 15) is 9.59 Å². The molecule has 3 nitrogen and oxygen atoms in total. The Morgan fingerprint density at radius 2 is 1.78 bits per heavy atom. The highest BCUT2D eigenvalue weighted by atomic mass is 79.9. The quantitative estimate of drug-likeness (QED) is 0.524. The molecule has 0 fully saturated rings. The summed E-state index contributed by atoms with van der Waals surface area (Å²) in [5.74, 6) is -0.197. The van der Waals surface area contributed by atoms with Crippen LogP contribution in [0.5, 0.6) is 0 Å². The molecule has 1 atom stereocenters. The van der Waals surface area contributed by atoms with Crippen LogP contribution < -0.4 is 4.90 Å². The number of amides is 1. The minimum absolute atomic E-state index is 0.0218. The van der Waals surface area contributed by atoms with E-state index < -0.39 is 0 Å². The summed E-state index contributed by atoms with van der Waals surface area (Å²) in [6.45, 7) is 0. The first-order valence-electron chi connectivity index (χ1n) is 8.76. The fourth-order valence-electron chi connectivity index (χ4n) is 3.92. The smallest absolute Gasteiger partial charge is 0.232 e. The molecule has 1 aliphatic heterocycles. The van der Waals surface area contributed by atoms with E-state index in [1.807, 2.05) is 30.3 Å². The number of rotatable bonds is 2. The van der Waals surface area contributed by atoms with Gasteiger partial charge in [-0.25, -0.2) is 0 Å². The normalized spacial score (nSPS) is 20.1. The maximum Gasteiger partial charge on any atom is 0.232 e. The van der Waals surface area contributed by atoms with E-state index in [1.165, 1.54) is 0 Å². The predicted molar refractivity (Wildman–Crippen MR) is 111 cm³/mol. The van der Waals surface area contributed by atoms with Crippen molar-refractivity contribution in [3.8, 4) is 0 Å². The topological polar surface area (TPSA) is 37.4 Å². The molecule has 0 radical (unpaired) electrons. The Labute approximate surface area is 176 Å². The lowest BCUT2D eigenvalue weighted by Gasteiger charge is -2.38. The summed E-state index contributed by atoms with van der Waals surface area (Å²) in [7, 11) is 0. The van der Waals surface area contributed by atoms with Crippen LogP contribution in [-0.4, -0.2) is 11.7 Å². The summed E-state index contributed by atoms with van der Waals surface area (Å²) in [4.78, 5) is 27.7. The number of benzene rings is 2. The number of para-hydroxylation sites is 1. The Hall–Kier alpha value is -1.62. The van der Waals surface area contributed by atoms with Crippen molar-refractivity contribution < 1.29 is 9.59 Å². The highest BCUT2D eigenvalue weighted by Gasteiger charge is 2.40. The maximum absolute atomic E-state index is 13.1. The van der Waals surface area contributed by atoms with Gasteiger partial charge >= 0.3 is 0 Å². The molecule has 4 rings (SSSR count). The lowest BCUT2D eigenvalue weighted by molar-refractivity contribution is -0.119. The Kier molecular flexibility index (Phi) is 5.15. The zero-order chi connectivity index (χ0) is 19.1. The number of nitrogens with zero attached hydrogens (tertiary/aromatic N) is 1.